The quantitative estimate of drug-likeness (QED) is 0.720. The van der Waals surface area contributed by atoms with Crippen molar-refractivity contribution in [3.63, 3.8) is 0 Å². The molecule has 0 saturated carbocycles. The summed E-state index contributed by atoms with van der Waals surface area (Å²) < 4.78 is 6.50. The fourth-order valence-electron chi connectivity index (χ4n) is 1.92. The first kappa shape index (κ1) is 17.1. The largest absolute Gasteiger partial charge is 0.491 e. The number of nitrogens with zero attached hydrogens (tertiary/aromatic N) is 2. The van der Waals surface area contributed by atoms with Crippen LogP contribution in [-0.2, 0) is 0 Å². The van der Waals surface area contributed by atoms with Crippen LogP contribution >= 0.6 is 23.1 Å². The maximum atomic E-state index is 10.0. The van der Waals surface area contributed by atoms with Gasteiger partial charge in [0.05, 0.1) is 6.10 Å². The molecule has 1 aromatic carbocycles. The van der Waals surface area contributed by atoms with Gasteiger partial charge < -0.3 is 15.2 Å². The third-order valence-corrected chi connectivity index (χ3v) is 4.93. The van der Waals surface area contributed by atoms with Gasteiger partial charge in [-0.05, 0) is 44.0 Å². The van der Waals surface area contributed by atoms with Crippen LogP contribution in [0.1, 0.15) is 18.1 Å². The molecule has 0 aliphatic rings. The summed E-state index contributed by atoms with van der Waals surface area (Å²) in [7, 11) is 0. The number of hydrogen-bond donors (Lipinski definition) is 2. The van der Waals surface area contributed by atoms with Gasteiger partial charge in [0.15, 0.2) is 4.34 Å². The lowest BCUT2D eigenvalue weighted by molar-refractivity contribution is 0.126. The molecule has 0 aliphatic heterocycles. The highest BCUT2D eigenvalue weighted by atomic mass is 32.2. The number of rotatable bonds is 8. The topological polar surface area (TPSA) is 67.3 Å². The maximum Gasteiger partial charge on any atom is 0.206 e. The lowest BCUT2D eigenvalue weighted by Crippen LogP contribution is -2.20. The standard InChI is InChI=1S/C15H21N3O2S2/c1-4-16-14-17-18-15(22-14)21-9-12(19)8-20-13-6-10(2)5-11(3)7-13/h5-7,12,19H,4,8-9H2,1-3H3,(H,16,17). The Bertz CT molecular complexity index is 584. The molecule has 7 heteroatoms. The molecule has 0 amide bonds. The number of nitrogens with one attached hydrogen (secondary N) is 1. The first-order chi connectivity index (χ1) is 10.6. The molecule has 5 nitrogen and oxygen atoms in total. The lowest BCUT2D eigenvalue weighted by atomic mass is 10.1. The van der Waals surface area contributed by atoms with Crippen molar-refractivity contribution in [1.82, 2.24) is 10.2 Å². The van der Waals surface area contributed by atoms with E-state index < -0.39 is 6.10 Å². The van der Waals surface area contributed by atoms with Gasteiger partial charge in [-0.1, -0.05) is 29.2 Å². The smallest absolute Gasteiger partial charge is 0.206 e. The van der Waals surface area contributed by atoms with E-state index in [4.69, 9.17) is 4.74 Å². The molecule has 2 rings (SSSR count). The summed E-state index contributed by atoms with van der Waals surface area (Å²) >= 11 is 2.99. The summed E-state index contributed by atoms with van der Waals surface area (Å²) in [5, 5.41) is 22.0. The van der Waals surface area contributed by atoms with Gasteiger partial charge in [-0.2, -0.15) is 0 Å². The van der Waals surface area contributed by atoms with Crippen LogP contribution in [0.4, 0.5) is 5.13 Å². The summed E-state index contributed by atoms with van der Waals surface area (Å²) in [6.45, 7) is 7.18. The number of benzene rings is 1. The Kier molecular flexibility index (Phi) is 6.48. The molecule has 2 N–H and O–H groups in total. The zero-order valence-corrected chi connectivity index (χ0v) is 14.6. The predicted octanol–water partition coefficient (Wildman–Crippen LogP) is 3.12. The van der Waals surface area contributed by atoms with Crippen LogP contribution in [0, 0.1) is 13.8 Å². The van der Waals surface area contributed by atoms with Crippen molar-refractivity contribution in [2.45, 2.75) is 31.2 Å². The number of anilines is 1. The van der Waals surface area contributed by atoms with E-state index in [1.165, 1.54) is 23.1 Å². The van der Waals surface area contributed by atoms with E-state index in [0.717, 1.165) is 32.9 Å². The normalized spacial score (nSPS) is 12.2. The molecule has 0 aliphatic carbocycles. The van der Waals surface area contributed by atoms with E-state index in [1.54, 1.807) is 0 Å². The molecule has 2 aromatic rings. The van der Waals surface area contributed by atoms with Crippen molar-refractivity contribution in [1.29, 1.82) is 0 Å². The molecule has 1 heterocycles. The van der Waals surface area contributed by atoms with Crippen LogP contribution < -0.4 is 10.1 Å². The summed E-state index contributed by atoms with van der Waals surface area (Å²) in [5.41, 5.74) is 2.31. The van der Waals surface area contributed by atoms with Crippen molar-refractivity contribution in [3.8, 4) is 5.75 Å². The minimum atomic E-state index is -0.544. The van der Waals surface area contributed by atoms with E-state index in [9.17, 15) is 5.11 Å². The highest BCUT2D eigenvalue weighted by Crippen LogP contribution is 2.26. The first-order valence-corrected chi connectivity index (χ1v) is 8.96. The molecule has 0 saturated heterocycles. The maximum absolute atomic E-state index is 10.0. The van der Waals surface area contributed by atoms with E-state index >= 15 is 0 Å². The van der Waals surface area contributed by atoms with Crippen molar-refractivity contribution in [2.24, 2.45) is 0 Å². The van der Waals surface area contributed by atoms with Crippen LogP contribution in [0.15, 0.2) is 22.5 Å². The minimum Gasteiger partial charge on any atom is -0.491 e. The number of aromatic nitrogens is 2. The number of aliphatic hydroxyl groups is 1. The van der Waals surface area contributed by atoms with Crippen LogP contribution in [0.25, 0.3) is 0 Å². The number of hydrogen-bond acceptors (Lipinski definition) is 7. The lowest BCUT2D eigenvalue weighted by Gasteiger charge is -2.12. The highest BCUT2D eigenvalue weighted by molar-refractivity contribution is 8.01. The fraction of sp³-hybridized carbons (Fsp3) is 0.467. The average Bonchev–Trinajstić information content (AvgIpc) is 2.90. The zero-order valence-electron chi connectivity index (χ0n) is 13.0. The molecule has 1 aromatic heterocycles. The Morgan fingerprint density at radius 1 is 1.27 bits per heavy atom. The van der Waals surface area contributed by atoms with Gasteiger partial charge in [0.2, 0.25) is 5.13 Å². The van der Waals surface area contributed by atoms with Crippen molar-refractivity contribution >= 4 is 28.2 Å². The van der Waals surface area contributed by atoms with Gasteiger partial charge in [-0.25, -0.2) is 0 Å². The predicted molar refractivity (Wildman–Crippen MR) is 92.2 cm³/mol. The molecule has 1 atom stereocenters. The monoisotopic (exact) mass is 339 g/mol. The Hall–Kier alpha value is -1.31. The van der Waals surface area contributed by atoms with Gasteiger partial charge in [0.1, 0.15) is 12.4 Å². The second kappa shape index (κ2) is 8.36. The molecule has 0 radical (unpaired) electrons. The van der Waals surface area contributed by atoms with E-state index in [1.807, 2.05) is 32.9 Å². The van der Waals surface area contributed by atoms with Gasteiger partial charge in [0, 0.05) is 12.3 Å². The highest BCUT2D eigenvalue weighted by Gasteiger charge is 2.10. The Labute approximate surface area is 139 Å². The van der Waals surface area contributed by atoms with Crippen molar-refractivity contribution < 1.29 is 9.84 Å². The average molecular weight is 339 g/mol. The Morgan fingerprint density at radius 2 is 2.00 bits per heavy atom. The first-order valence-electron chi connectivity index (χ1n) is 7.16. The van der Waals surface area contributed by atoms with Crippen LogP contribution in [0.3, 0.4) is 0 Å². The van der Waals surface area contributed by atoms with E-state index in [0.29, 0.717) is 5.75 Å². The molecule has 22 heavy (non-hydrogen) atoms. The Morgan fingerprint density at radius 3 is 2.68 bits per heavy atom. The Balaban J connectivity index is 1.76. The molecule has 1 unspecified atom stereocenters. The number of aliphatic hydroxyl groups excluding tert-OH is 1. The van der Waals surface area contributed by atoms with Crippen LogP contribution in [0.2, 0.25) is 0 Å². The number of aryl methyl sites for hydroxylation is 2. The summed E-state index contributed by atoms with van der Waals surface area (Å²) in [6.07, 6.45) is -0.544. The van der Waals surface area contributed by atoms with Gasteiger partial charge in [-0.3, -0.25) is 0 Å². The minimum absolute atomic E-state index is 0.273. The molecular weight excluding hydrogens is 318 g/mol. The van der Waals surface area contributed by atoms with Crippen LogP contribution in [0.5, 0.6) is 5.75 Å². The number of ether oxygens (including phenoxy) is 1. The molecule has 0 spiro atoms. The summed E-state index contributed by atoms with van der Waals surface area (Å²) in [5.74, 6) is 1.33. The SMILES string of the molecule is CCNc1nnc(SCC(O)COc2cc(C)cc(C)c2)s1. The summed E-state index contributed by atoms with van der Waals surface area (Å²) in [4.78, 5) is 0. The van der Waals surface area contributed by atoms with Gasteiger partial charge in [-0.15, -0.1) is 10.2 Å². The van der Waals surface area contributed by atoms with E-state index in [2.05, 4.69) is 21.6 Å². The molecular formula is C15H21N3O2S2. The zero-order chi connectivity index (χ0) is 15.9. The summed E-state index contributed by atoms with van der Waals surface area (Å²) in [6, 6.07) is 6.04. The molecule has 120 valence electrons. The van der Waals surface area contributed by atoms with Gasteiger partial charge >= 0.3 is 0 Å². The molecule has 0 fully saturated rings. The second-order valence-electron chi connectivity index (χ2n) is 5.00. The second-order valence-corrected chi connectivity index (χ2v) is 7.25. The fourth-order valence-corrected chi connectivity index (χ4v) is 3.67. The van der Waals surface area contributed by atoms with E-state index in [-0.39, 0.29) is 6.61 Å². The van der Waals surface area contributed by atoms with Crippen molar-refractivity contribution in [3.05, 3.63) is 29.3 Å². The van der Waals surface area contributed by atoms with Crippen molar-refractivity contribution in [2.75, 3.05) is 24.2 Å². The number of thioether (sulfide) groups is 1. The molecule has 0 bridgehead atoms. The van der Waals surface area contributed by atoms with Crippen LogP contribution in [-0.4, -0.2) is 40.3 Å². The third kappa shape index (κ3) is 5.47. The third-order valence-electron chi connectivity index (χ3n) is 2.77. The van der Waals surface area contributed by atoms with Gasteiger partial charge in [0.25, 0.3) is 0 Å².